The third-order valence-electron chi connectivity index (χ3n) is 3.68. The van der Waals surface area contributed by atoms with Gasteiger partial charge in [0.15, 0.2) is 5.96 Å². The Kier molecular flexibility index (Phi) is 8.02. The second-order valence-corrected chi connectivity index (χ2v) is 5.68. The van der Waals surface area contributed by atoms with Crippen LogP contribution in [-0.2, 0) is 19.1 Å². The average molecular weight is 399 g/mol. The van der Waals surface area contributed by atoms with Crippen molar-refractivity contribution in [2.75, 3.05) is 26.2 Å². The Hall–Kier alpha value is -2.85. The minimum atomic E-state index is -4.51. The number of nitrogens with one attached hydrogen (secondary N) is 2. The van der Waals surface area contributed by atoms with E-state index in [2.05, 4.69) is 30.8 Å². The topological polar surface area (TPSA) is 89.2 Å². The molecule has 11 heteroatoms. The first-order valence-electron chi connectivity index (χ1n) is 8.99. The number of aromatic nitrogens is 4. The summed E-state index contributed by atoms with van der Waals surface area (Å²) >= 11 is 0. The molecule has 0 aliphatic carbocycles. The molecule has 2 N–H and O–H groups in total. The summed E-state index contributed by atoms with van der Waals surface area (Å²) in [5, 5.41) is 14.0. The molecule has 2 heterocycles. The largest absolute Gasteiger partial charge is 0.475 e. The maximum Gasteiger partial charge on any atom is 0.421 e. The number of hydrogen-bond donors (Lipinski definition) is 2. The SMILES string of the molecule is CCNC(=NCCn1cnnc1CC)NCCOc1ncccc1C(F)(F)F. The van der Waals surface area contributed by atoms with E-state index in [4.69, 9.17) is 4.74 Å². The van der Waals surface area contributed by atoms with Crippen molar-refractivity contribution < 1.29 is 17.9 Å². The van der Waals surface area contributed by atoms with Crippen LogP contribution in [0.5, 0.6) is 5.88 Å². The van der Waals surface area contributed by atoms with Crippen LogP contribution in [0.3, 0.4) is 0 Å². The highest BCUT2D eigenvalue weighted by molar-refractivity contribution is 5.79. The second kappa shape index (κ2) is 10.5. The molecule has 0 amide bonds. The summed E-state index contributed by atoms with van der Waals surface area (Å²) in [5.41, 5.74) is -0.892. The minimum absolute atomic E-state index is 0.00985. The van der Waals surface area contributed by atoms with Crippen LogP contribution in [0.2, 0.25) is 0 Å². The number of aryl methyl sites for hydroxylation is 1. The van der Waals surface area contributed by atoms with Gasteiger partial charge in [0.05, 0.1) is 13.1 Å². The fraction of sp³-hybridized carbons (Fsp3) is 0.529. The molecule has 0 fully saturated rings. The maximum atomic E-state index is 12.9. The van der Waals surface area contributed by atoms with Crippen molar-refractivity contribution in [2.24, 2.45) is 4.99 Å². The molecule has 0 aromatic carbocycles. The molecule has 2 rings (SSSR count). The fourth-order valence-corrected chi connectivity index (χ4v) is 2.39. The van der Waals surface area contributed by atoms with E-state index in [9.17, 15) is 13.2 Å². The molecular formula is C17H24F3N7O. The molecule has 2 aromatic rings. The number of hydrogen-bond acceptors (Lipinski definition) is 5. The summed E-state index contributed by atoms with van der Waals surface area (Å²) < 4.78 is 45.9. The van der Waals surface area contributed by atoms with Crippen molar-refractivity contribution in [1.82, 2.24) is 30.4 Å². The van der Waals surface area contributed by atoms with Gasteiger partial charge >= 0.3 is 6.18 Å². The van der Waals surface area contributed by atoms with Gasteiger partial charge in [0, 0.05) is 25.7 Å². The van der Waals surface area contributed by atoms with Crippen LogP contribution in [0.25, 0.3) is 0 Å². The lowest BCUT2D eigenvalue weighted by molar-refractivity contribution is -0.139. The molecule has 0 radical (unpaired) electrons. The van der Waals surface area contributed by atoms with Gasteiger partial charge in [0.2, 0.25) is 5.88 Å². The lowest BCUT2D eigenvalue weighted by Gasteiger charge is -2.14. The van der Waals surface area contributed by atoms with E-state index >= 15 is 0 Å². The second-order valence-electron chi connectivity index (χ2n) is 5.68. The van der Waals surface area contributed by atoms with Gasteiger partial charge in [-0.15, -0.1) is 10.2 Å². The maximum absolute atomic E-state index is 12.9. The van der Waals surface area contributed by atoms with Crippen molar-refractivity contribution in [1.29, 1.82) is 0 Å². The van der Waals surface area contributed by atoms with Crippen LogP contribution in [-0.4, -0.2) is 51.9 Å². The number of pyridine rings is 1. The zero-order chi connectivity index (χ0) is 20.4. The van der Waals surface area contributed by atoms with Crippen molar-refractivity contribution in [2.45, 2.75) is 33.0 Å². The fourth-order valence-electron chi connectivity index (χ4n) is 2.39. The van der Waals surface area contributed by atoms with Crippen molar-refractivity contribution in [3.8, 4) is 5.88 Å². The smallest absolute Gasteiger partial charge is 0.421 e. The highest BCUT2D eigenvalue weighted by Gasteiger charge is 2.34. The number of rotatable bonds is 9. The van der Waals surface area contributed by atoms with Gasteiger partial charge < -0.3 is 19.9 Å². The molecule has 0 aliphatic rings. The first kappa shape index (κ1) is 21.5. The molecule has 28 heavy (non-hydrogen) atoms. The molecule has 0 atom stereocenters. The molecule has 0 spiro atoms. The first-order valence-corrected chi connectivity index (χ1v) is 8.99. The van der Waals surface area contributed by atoms with Gasteiger partial charge in [-0.1, -0.05) is 6.92 Å². The van der Waals surface area contributed by atoms with E-state index in [1.807, 2.05) is 18.4 Å². The van der Waals surface area contributed by atoms with E-state index in [-0.39, 0.29) is 13.2 Å². The normalized spacial score (nSPS) is 12.1. The van der Waals surface area contributed by atoms with E-state index in [0.717, 1.165) is 18.3 Å². The zero-order valence-electron chi connectivity index (χ0n) is 15.8. The number of aliphatic imine (C=N–C) groups is 1. The van der Waals surface area contributed by atoms with E-state index in [1.54, 1.807) is 6.33 Å². The zero-order valence-corrected chi connectivity index (χ0v) is 15.8. The van der Waals surface area contributed by atoms with Gasteiger partial charge in [-0.25, -0.2) is 4.98 Å². The van der Waals surface area contributed by atoms with Gasteiger partial charge in [-0.05, 0) is 19.1 Å². The summed E-state index contributed by atoms with van der Waals surface area (Å²) in [5.74, 6) is 1.00. The highest BCUT2D eigenvalue weighted by Crippen LogP contribution is 2.34. The Morgan fingerprint density at radius 2 is 2.11 bits per heavy atom. The third-order valence-corrected chi connectivity index (χ3v) is 3.68. The lowest BCUT2D eigenvalue weighted by Crippen LogP contribution is -2.39. The number of nitrogens with zero attached hydrogens (tertiary/aromatic N) is 5. The molecule has 0 bridgehead atoms. The van der Waals surface area contributed by atoms with Crippen LogP contribution >= 0.6 is 0 Å². The van der Waals surface area contributed by atoms with E-state index < -0.39 is 17.6 Å². The molecule has 0 saturated heterocycles. The Bertz CT molecular complexity index is 761. The summed E-state index contributed by atoms with van der Waals surface area (Å²) in [7, 11) is 0. The molecule has 8 nitrogen and oxygen atoms in total. The van der Waals surface area contributed by atoms with Crippen LogP contribution in [0.1, 0.15) is 25.2 Å². The van der Waals surface area contributed by atoms with Gasteiger partial charge in [-0.2, -0.15) is 13.2 Å². The summed E-state index contributed by atoms with van der Waals surface area (Å²) in [6, 6.07) is 2.17. The molecule has 0 saturated carbocycles. The van der Waals surface area contributed by atoms with Crippen molar-refractivity contribution in [3.05, 3.63) is 36.0 Å². The monoisotopic (exact) mass is 399 g/mol. The predicted molar refractivity (Wildman–Crippen MR) is 98.1 cm³/mol. The van der Waals surface area contributed by atoms with Gasteiger partial charge in [-0.3, -0.25) is 4.99 Å². The number of ether oxygens (including phenoxy) is 1. The third kappa shape index (κ3) is 6.39. The predicted octanol–water partition coefficient (Wildman–Crippen LogP) is 1.89. The Labute approximate surface area is 161 Å². The quantitative estimate of drug-likeness (QED) is 0.380. The van der Waals surface area contributed by atoms with Crippen LogP contribution in [0.4, 0.5) is 13.2 Å². The van der Waals surface area contributed by atoms with Crippen LogP contribution in [0, 0.1) is 0 Å². The molecule has 0 aliphatic heterocycles. The number of halogens is 3. The van der Waals surface area contributed by atoms with Crippen molar-refractivity contribution >= 4 is 5.96 Å². The summed E-state index contributed by atoms with van der Waals surface area (Å²) in [6.07, 6.45) is -0.799. The van der Waals surface area contributed by atoms with E-state index in [0.29, 0.717) is 25.6 Å². The Morgan fingerprint density at radius 1 is 1.29 bits per heavy atom. The van der Waals surface area contributed by atoms with E-state index in [1.165, 1.54) is 12.3 Å². The van der Waals surface area contributed by atoms with Crippen molar-refractivity contribution in [3.63, 3.8) is 0 Å². The number of alkyl halides is 3. The average Bonchev–Trinajstić information content (AvgIpc) is 3.12. The van der Waals surface area contributed by atoms with Crippen LogP contribution in [0.15, 0.2) is 29.6 Å². The lowest BCUT2D eigenvalue weighted by atomic mass is 10.2. The highest BCUT2D eigenvalue weighted by atomic mass is 19.4. The minimum Gasteiger partial charge on any atom is -0.475 e. The standard InChI is InChI=1S/C17H24F3N7O/c1-3-14-26-25-12-27(14)10-8-23-16(21-4-2)24-9-11-28-15-13(17(18,19)20)6-5-7-22-15/h5-7,12H,3-4,8-11H2,1-2H3,(H2,21,23,24). The van der Waals surface area contributed by atoms with Gasteiger partial charge in [0.1, 0.15) is 24.3 Å². The molecule has 2 aromatic heterocycles. The first-order chi connectivity index (χ1) is 13.5. The summed E-state index contributed by atoms with van der Waals surface area (Å²) in [6.45, 7) is 5.99. The molecule has 0 unspecified atom stereocenters. The molecular weight excluding hydrogens is 375 g/mol. The Balaban J connectivity index is 1.83. The van der Waals surface area contributed by atoms with Crippen LogP contribution < -0.4 is 15.4 Å². The Morgan fingerprint density at radius 3 is 2.82 bits per heavy atom. The number of guanidine groups is 1. The van der Waals surface area contributed by atoms with Gasteiger partial charge in [0.25, 0.3) is 0 Å². The summed E-state index contributed by atoms with van der Waals surface area (Å²) in [4.78, 5) is 8.09. The molecule has 154 valence electrons.